The molecule has 2 aromatic rings. The summed E-state index contributed by atoms with van der Waals surface area (Å²) in [7, 11) is 0. The first-order chi connectivity index (χ1) is 12.2. The van der Waals surface area contributed by atoms with E-state index < -0.39 is 0 Å². The molecule has 0 saturated carbocycles. The Balaban J connectivity index is 1.67. The van der Waals surface area contributed by atoms with E-state index in [-0.39, 0.29) is 5.91 Å². The van der Waals surface area contributed by atoms with Gasteiger partial charge in [-0.25, -0.2) is 9.97 Å². The van der Waals surface area contributed by atoms with Gasteiger partial charge in [-0.1, -0.05) is 18.2 Å². The van der Waals surface area contributed by atoms with Crippen molar-refractivity contribution >= 4 is 17.4 Å². The molecule has 1 aliphatic rings. The number of anilines is 2. The number of benzene rings is 1. The van der Waals surface area contributed by atoms with Gasteiger partial charge in [-0.15, -0.1) is 0 Å². The van der Waals surface area contributed by atoms with Gasteiger partial charge in [-0.05, 0) is 26.0 Å². The molecule has 1 saturated heterocycles. The number of piperazine rings is 1. The predicted octanol–water partition coefficient (Wildman–Crippen LogP) is 2.29. The van der Waals surface area contributed by atoms with Gasteiger partial charge in [-0.2, -0.15) is 0 Å². The van der Waals surface area contributed by atoms with E-state index in [2.05, 4.69) is 44.0 Å². The maximum Gasteiger partial charge on any atom is 0.272 e. The van der Waals surface area contributed by atoms with E-state index in [0.717, 1.165) is 32.0 Å². The molecule has 6 nitrogen and oxygen atoms in total. The Labute approximate surface area is 149 Å². The van der Waals surface area contributed by atoms with E-state index in [0.29, 0.717) is 18.8 Å². The van der Waals surface area contributed by atoms with E-state index in [1.165, 1.54) is 12.0 Å². The molecule has 0 bridgehead atoms. The van der Waals surface area contributed by atoms with Crippen molar-refractivity contribution in [2.75, 3.05) is 49.1 Å². The smallest absolute Gasteiger partial charge is 0.272 e. The topological polar surface area (TPSA) is 52.6 Å². The predicted molar refractivity (Wildman–Crippen MR) is 100 cm³/mol. The Morgan fingerprint density at radius 1 is 1.00 bits per heavy atom. The van der Waals surface area contributed by atoms with Gasteiger partial charge in [-0.3, -0.25) is 4.79 Å². The minimum absolute atomic E-state index is 0.0310. The fraction of sp³-hybridized carbons (Fsp3) is 0.421. The first kappa shape index (κ1) is 17.2. The summed E-state index contributed by atoms with van der Waals surface area (Å²) in [5.41, 5.74) is 1.72. The van der Waals surface area contributed by atoms with Crippen LogP contribution in [-0.4, -0.2) is 60.0 Å². The quantitative estimate of drug-likeness (QED) is 0.836. The molecular formula is C19H25N5O. The second-order valence-electron chi connectivity index (χ2n) is 6.05. The Morgan fingerprint density at radius 3 is 2.28 bits per heavy atom. The van der Waals surface area contributed by atoms with Crippen LogP contribution in [0.5, 0.6) is 0 Å². The highest BCUT2D eigenvalue weighted by Crippen LogP contribution is 2.19. The number of carbonyl (C=O) groups is 1. The number of nitrogens with zero attached hydrogens (tertiary/aromatic N) is 5. The maximum atomic E-state index is 12.5. The van der Waals surface area contributed by atoms with Gasteiger partial charge >= 0.3 is 0 Å². The summed E-state index contributed by atoms with van der Waals surface area (Å²) >= 11 is 0. The number of aromatic nitrogens is 2. The monoisotopic (exact) mass is 339 g/mol. The van der Waals surface area contributed by atoms with Crippen molar-refractivity contribution in [2.24, 2.45) is 0 Å². The second-order valence-corrected chi connectivity index (χ2v) is 6.05. The van der Waals surface area contributed by atoms with Crippen LogP contribution in [0.15, 0.2) is 42.7 Å². The summed E-state index contributed by atoms with van der Waals surface area (Å²) in [6, 6.07) is 12.3. The number of carbonyl (C=O) groups excluding carboxylic acids is 1. The lowest BCUT2D eigenvalue weighted by molar-refractivity contribution is 0.0767. The largest absolute Gasteiger partial charge is 0.368 e. The van der Waals surface area contributed by atoms with Gasteiger partial charge in [0.05, 0.1) is 0 Å². The third kappa shape index (κ3) is 3.90. The third-order valence-electron chi connectivity index (χ3n) is 4.65. The van der Waals surface area contributed by atoms with Crippen LogP contribution < -0.4 is 9.80 Å². The Hall–Kier alpha value is -2.63. The van der Waals surface area contributed by atoms with Crippen molar-refractivity contribution < 1.29 is 4.79 Å². The molecule has 3 rings (SSSR count). The van der Waals surface area contributed by atoms with Gasteiger partial charge in [0.2, 0.25) is 0 Å². The second kappa shape index (κ2) is 7.96. The summed E-state index contributed by atoms with van der Waals surface area (Å²) in [5.74, 6) is 0.801. The van der Waals surface area contributed by atoms with Crippen molar-refractivity contribution in [3.05, 3.63) is 48.4 Å². The summed E-state index contributed by atoms with van der Waals surface area (Å²) in [4.78, 5) is 27.4. The Morgan fingerprint density at radius 2 is 1.64 bits per heavy atom. The standard InChI is InChI=1S/C19H25N5O/c1-3-22(4-2)19(25)17-14-18(21-15-20-17)24-12-10-23(11-13-24)16-8-6-5-7-9-16/h5-9,14-15H,3-4,10-13H2,1-2H3. The number of hydrogen-bond donors (Lipinski definition) is 0. The molecule has 25 heavy (non-hydrogen) atoms. The molecule has 1 fully saturated rings. The summed E-state index contributed by atoms with van der Waals surface area (Å²) in [6.45, 7) is 8.96. The van der Waals surface area contributed by atoms with E-state index >= 15 is 0 Å². The third-order valence-corrected chi connectivity index (χ3v) is 4.65. The Bertz CT molecular complexity index is 694. The highest BCUT2D eigenvalue weighted by molar-refractivity contribution is 5.92. The molecule has 1 amide bonds. The molecule has 132 valence electrons. The van der Waals surface area contributed by atoms with Crippen LogP contribution in [0.4, 0.5) is 11.5 Å². The maximum absolute atomic E-state index is 12.5. The zero-order valence-electron chi connectivity index (χ0n) is 14.9. The fourth-order valence-electron chi connectivity index (χ4n) is 3.14. The average molecular weight is 339 g/mol. The molecule has 0 aliphatic carbocycles. The first-order valence-corrected chi connectivity index (χ1v) is 8.89. The van der Waals surface area contributed by atoms with Crippen LogP contribution in [0.25, 0.3) is 0 Å². The van der Waals surface area contributed by atoms with Crippen molar-refractivity contribution in [2.45, 2.75) is 13.8 Å². The SMILES string of the molecule is CCN(CC)C(=O)c1cc(N2CCN(c3ccccc3)CC2)ncn1. The van der Waals surface area contributed by atoms with Crippen LogP contribution in [0.1, 0.15) is 24.3 Å². The average Bonchev–Trinajstić information content (AvgIpc) is 2.70. The number of hydrogen-bond acceptors (Lipinski definition) is 5. The zero-order valence-corrected chi connectivity index (χ0v) is 14.9. The lowest BCUT2D eigenvalue weighted by atomic mass is 10.2. The summed E-state index contributed by atoms with van der Waals surface area (Å²) < 4.78 is 0. The minimum atomic E-state index is -0.0310. The van der Waals surface area contributed by atoms with E-state index in [9.17, 15) is 4.79 Å². The van der Waals surface area contributed by atoms with Gasteiger partial charge < -0.3 is 14.7 Å². The molecule has 1 aromatic heterocycles. The normalized spacial score (nSPS) is 14.5. The van der Waals surface area contributed by atoms with E-state index in [4.69, 9.17) is 0 Å². The van der Waals surface area contributed by atoms with E-state index in [1.807, 2.05) is 26.0 Å². The lowest BCUT2D eigenvalue weighted by Crippen LogP contribution is -2.47. The molecule has 6 heteroatoms. The number of amides is 1. The minimum Gasteiger partial charge on any atom is -0.368 e. The number of rotatable bonds is 5. The molecule has 0 N–H and O–H groups in total. The van der Waals surface area contributed by atoms with Crippen molar-refractivity contribution in [1.82, 2.24) is 14.9 Å². The molecule has 0 unspecified atom stereocenters. The van der Waals surface area contributed by atoms with Gasteiger partial charge in [0.25, 0.3) is 5.91 Å². The molecule has 1 aliphatic heterocycles. The van der Waals surface area contributed by atoms with Crippen LogP contribution in [0, 0.1) is 0 Å². The fourth-order valence-corrected chi connectivity index (χ4v) is 3.14. The molecule has 2 heterocycles. The van der Waals surface area contributed by atoms with Gasteiger partial charge in [0.15, 0.2) is 0 Å². The Kier molecular flexibility index (Phi) is 5.48. The lowest BCUT2D eigenvalue weighted by Gasteiger charge is -2.36. The highest BCUT2D eigenvalue weighted by atomic mass is 16.2. The first-order valence-electron chi connectivity index (χ1n) is 8.89. The summed E-state index contributed by atoms with van der Waals surface area (Å²) in [5, 5.41) is 0. The molecule has 0 radical (unpaired) electrons. The molecule has 0 spiro atoms. The summed E-state index contributed by atoms with van der Waals surface area (Å²) in [6.07, 6.45) is 1.50. The van der Waals surface area contributed by atoms with Gasteiger partial charge in [0, 0.05) is 51.0 Å². The zero-order chi connectivity index (χ0) is 17.6. The van der Waals surface area contributed by atoms with Crippen LogP contribution in [0.3, 0.4) is 0 Å². The van der Waals surface area contributed by atoms with Gasteiger partial charge in [0.1, 0.15) is 17.8 Å². The number of para-hydroxylation sites is 1. The van der Waals surface area contributed by atoms with Crippen LogP contribution in [-0.2, 0) is 0 Å². The molecule has 1 aromatic carbocycles. The van der Waals surface area contributed by atoms with Crippen LogP contribution in [0.2, 0.25) is 0 Å². The van der Waals surface area contributed by atoms with Crippen LogP contribution >= 0.6 is 0 Å². The van der Waals surface area contributed by atoms with Crippen molar-refractivity contribution in [1.29, 1.82) is 0 Å². The van der Waals surface area contributed by atoms with Crippen molar-refractivity contribution in [3.63, 3.8) is 0 Å². The van der Waals surface area contributed by atoms with E-state index in [1.54, 1.807) is 4.90 Å². The highest BCUT2D eigenvalue weighted by Gasteiger charge is 2.20. The molecule has 0 atom stereocenters. The van der Waals surface area contributed by atoms with Crippen molar-refractivity contribution in [3.8, 4) is 0 Å². The molecular weight excluding hydrogens is 314 g/mol.